The van der Waals surface area contributed by atoms with Gasteiger partial charge >= 0.3 is 12.1 Å². The van der Waals surface area contributed by atoms with Gasteiger partial charge in [0.15, 0.2) is 0 Å². The lowest BCUT2D eigenvalue weighted by Crippen LogP contribution is -2.43. The molecule has 0 aliphatic carbocycles. The lowest BCUT2D eigenvalue weighted by molar-refractivity contribution is -0.118. The maximum atomic E-state index is 12.1. The highest BCUT2D eigenvalue weighted by atomic mass is 35.5. The van der Waals surface area contributed by atoms with Crippen molar-refractivity contribution in [3.8, 4) is 0 Å². The van der Waals surface area contributed by atoms with Crippen LogP contribution in [0.3, 0.4) is 0 Å². The van der Waals surface area contributed by atoms with Gasteiger partial charge in [0.2, 0.25) is 5.91 Å². The number of hydrogen-bond acceptors (Lipinski definition) is 4. The maximum absolute atomic E-state index is 12.1. The predicted molar refractivity (Wildman–Crippen MR) is 84.2 cm³/mol. The number of nitrogens with two attached hydrogens (primary N) is 1. The van der Waals surface area contributed by atoms with Crippen LogP contribution < -0.4 is 21.7 Å². The van der Waals surface area contributed by atoms with Crippen LogP contribution in [0, 0.1) is 0 Å². The van der Waals surface area contributed by atoms with Crippen molar-refractivity contribution in [3.05, 3.63) is 24.0 Å². The van der Waals surface area contributed by atoms with Gasteiger partial charge in [0.1, 0.15) is 6.04 Å². The first-order valence-electron chi connectivity index (χ1n) is 6.77. The lowest BCUT2D eigenvalue weighted by Gasteiger charge is -2.16. The van der Waals surface area contributed by atoms with Crippen molar-refractivity contribution in [3.63, 3.8) is 0 Å². The largest absolute Gasteiger partial charge is 0.465 e. The first-order chi connectivity index (χ1) is 10.9. The summed E-state index contributed by atoms with van der Waals surface area (Å²) in [5, 5.41) is 15.9. The van der Waals surface area contributed by atoms with E-state index in [1.165, 1.54) is 6.20 Å². The zero-order chi connectivity index (χ0) is 17.2. The van der Waals surface area contributed by atoms with E-state index in [9.17, 15) is 14.4 Å². The van der Waals surface area contributed by atoms with Crippen LogP contribution in [0.1, 0.15) is 18.5 Å². The Bertz CT molecular complexity index is 552. The minimum Gasteiger partial charge on any atom is -0.465 e. The van der Waals surface area contributed by atoms with E-state index in [-0.39, 0.29) is 18.8 Å². The standard InChI is InChI=1S/C13H18ClN5O4/c14-6-8-3-4-9(7-17-8)18-11(20)10(19-13(22)23)2-1-5-16-12(15)21/h3-4,7,10,19H,1-2,5-6H2,(H,18,20)(H,22,23)(H3,15,16,21)/t10-/m0/s1. The molecule has 1 aromatic heterocycles. The third-order valence-corrected chi connectivity index (χ3v) is 3.09. The zero-order valence-corrected chi connectivity index (χ0v) is 13.0. The van der Waals surface area contributed by atoms with Crippen LogP contribution in [-0.2, 0) is 10.7 Å². The van der Waals surface area contributed by atoms with Gasteiger partial charge in [0.05, 0.1) is 23.5 Å². The number of anilines is 1. The molecule has 1 heterocycles. The third kappa shape index (κ3) is 7.32. The Morgan fingerprint density at radius 3 is 2.61 bits per heavy atom. The van der Waals surface area contributed by atoms with Gasteiger partial charge in [-0.05, 0) is 25.0 Å². The molecule has 0 saturated carbocycles. The van der Waals surface area contributed by atoms with Crippen LogP contribution in [0.5, 0.6) is 0 Å². The number of nitrogens with one attached hydrogen (secondary N) is 3. The van der Waals surface area contributed by atoms with Crippen molar-refractivity contribution in [1.82, 2.24) is 15.6 Å². The Hall–Kier alpha value is -2.55. The number of halogens is 1. The summed E-state index contributed by atoms with van der Waals surface area (Å²) in [6.07, 6.45) is 0.696. The van der Waals surface area contributed by atoms with Crippen LogP contribution >= 0.6 is 11.6 Å². The number of alkyl halides is 1. The van der Waals surface area contributed by atoms with Crippen LogP contribution in [0.4, 0.5) is 15.3 Å². The highest BCUT2D eigenvalue weighted by Crippen LogP contribution is 2.09. The van der Waals surface area contributed by atoms with Crippen molar-refractivity contribution in [2.24, 2.45) is 5.73 Å². The Kier molecular flexibility index (Phi) is 7.61. The Labute approximate surface area is 137 Å². The number of pyridine rings is 1. The Morgan fingerprint density at radius 2 is 2.09 bits per heavy atom. The number of aromatic nitrogens is 1. The normalized spacial score (nSPS) is 11.3. The van der Waals surface area contributed by atoms with Gasteiger partial charge in [-0.15, -0.1) is 11.6 Å². The molecule has 0 radical (unpaired) electrons. The van der Waals surface area contributed by atoms with Gasteiger partial charge < -0.3 is 26.8 Å². The highest BCUT2D eigenvalue weighted by molar-refractivity contribution is 6.16. The predicted octanol–water partition coefficient (Wildman–Crippen LogP) is 0.844. The summed E-state index contributed by atoms with van der Waals surface area (Å²) < 4.78 is 0. The number of hydrogen-bond donors (Lipinski definition) is 5. The van der Waals surface area contributed by atoms with E-state index in [0.29, 0.717) is 17.8 Å². The molecule has 9 nitrogen and oxygen atoms in total. The minimum absolute atomic E-state index is 0.200. The number of urea groups is 1. The summed E-state index contributed by atoms with van der Waals surface area (Å²) in [7, 11) is 0. The second-order valence-corrected chi connectivity index (χ2v) is 4.86. The van der Waals surface area contributed by atoms with Gasteiger partial charge in [-0.25, -0.2) is 9.59 Å². The summed E-state index contributed by atoms with van der Waals surface area (Å²) in [6, 6.07) is 1.63. The molecule has 6 N–H and O–H groups in total. The number of carboxylic acid groups (broad SMARTS) is 1. The monoisotopic (exact) mass is 343 g/mol. The number of primary amides is 1. The molecule has 23 heavy (non-hydrogen) atoms. The molecule has 1 aromatic rings. The molecular formula is C13H18ClN5O4. The molecule has 1 atom stereocenters. The molecule has 1 rings (SSSR count). The van der Waals surface area contributed by atoms with E-state index < -0.39 is 24.1 Å². The van der Waals surface area contributed by atoms with Crippen molar-refractivity contribution in [2.75, 3.05) is 11.9 Å². The molecule has 0 fully saturated rings. The molecule has 126 valence electrons. The molecule has 0 spiro atoms. The lowest BCUT2D eigenvalue weighted by atomic mass is 10.1. The van der Waals surface area contributed by atoms with Gasteiger partial charge in [-0.2, -0.15) is 0 Å². The molecule has 10 heteroatoms. The Morgan fingerprint density at radius 1 is 1.35 bits per heavy atom. The number of carbonyl (C=O) groups is 3. The SMILES string of the molecule is NC(=O)NCCC[C@H](NC(=O)O)C(=O)Nc1ccc(CCl)nc1. The summed E-state index contributed by atoms with van der Waals surface area (Å²) in [4.78, 5) is 37.5. The van der Waals surface area contributed by atoms with E-state index in [1.807, 2.05) is 0 Å². The first-order valence-corrected chi connectivity index (χ1v) is 7.30. The van der Waals surface area contributed by atoms with Crippen molar-refractivity contribution in [2.45, 2.75) is 24.8 Å². The molecule has 0 aliphatic heterocycles. The van der Waals surface area contributed by atoms with Gasteiger partial charge in [-0.3, -0.25) is 9.78 Å². The average Bonchev–Trinajstić information content (AvgIpc) is 2.50. The van der Waals surface area contributed by atoms with E-state index in [4.69, 9.17) is 22.4 Å². The van der Waals surface area contributed by atoms with Gasteiger partial charge in [0, 0.05) is 6.54 Å². The molecule has 0 aromatic carbocycles. The Balaban J connectivity index is 2.59. The molecule has 0 saturated heterocycles. The fourth-order valence-corrected chi connectivity index (χ4v) is 1.90. The molecule has 0 bridgehead atoms. The molecule has 4 amide bonds. The van der Waals surface area contributed by atoms with Crippen molar-refractivity contribution < 1.29 is 19.5 Å². The second-order valence-electron chi connectivity index (χ2n) is 4.60. The second kappa shape index (κ2) is 9.46. The van der Waals surface area contributed by atoms with Crippen molar-refractivity contribution >= 4 is 35.3 Å². The van der Waals surface area contributed by atoms with E-state index >= 15 is 0 Å². The number of rotatable bonds is 8. The molecular weight excluding hydrogens is 326 g/mol. The number of amides is 4. The zero-order valence-electron chi connectivity index (χ0n) is 12.2. The molecule has 0 unspecified atom stereocenters. The number of carbonyl (C=O) groups excluding carboxylic acids is 2. The average molecular weight is 344 g/mol. The van der Waals surface area contributed by atoms with E-state index in [1.54, 1.807) is 12.1 Å². The van der Waals surface area contributed by atoms with Crippen LogP contribution in [0.2, 0.25) is 0 Å². The third-order valence-electron chi connectivity index (χ3n) is 2.81. The first kappa shape index (κ1) is 18.5. The smallest absolute Gasteiger partial charge is 0.405 e. The highest BCUT2D eigenvalue weighted by Gasteiger charge is 2.20. The summed E-state index contributed by atoms with van der Waals surface area (Å²) in [6.45, 7) is 0.242. The summed E-state index contributed by atoms with van der Waals surface area (Å²) >= 11 is 5.62. The van der Waals surface area contributed by atoms with E-state index in [0.717, 1.165) is 0 Å². The fraction of sp³-hybridized carbons (Fsp3) is 0.385. The quantitative estimate of drug-likeness (QED) is 0.350. The van der Waals surface area contributed by atoms with Crippen LogP contribution in [-0.4, -0.2) is 40.7 Å². The van der Waals surface area contributed by atoms with E-state index in [2.05, 4.69) is 20.9 Å². The van der Waals surface area contributed by atoms with Crippen LogP contribution in [0.15, 0.2) is 18.3 Å². The topological polar surface area (TPSA) is 146 Å². The minimum atomic E-state index is -1.32. The molecule has 0 aliphatic rings. The maximum Gasteiger partial charge on any atom is 0.405 e. The summed E-state index contributed by atoms with van der Waals surface area (Å²) in [5.74, 6) is -0.267. The summed E-state index contributed by atoms with van der Waals surface area (Å²) in [5.41, 5.74) is 6.00. The fourth-order valence-electron chi connectivity index (χ4n) is 1.74. The van der Waals surface area contributed by atoms with Crippen molar-refractivity contribution in [1.29, 1.82) is 0 Å². The van der Waals surface area contributed by atoms with Crippen LogP contribution in [0.25, 0.3) is 0 Å². The number of nitrogens with zero attached hydrogens (tertiary/aromatic N) is 1. The van der Waals surface area contributed by atoms with Gasteiger partial charge in [0.25, 0.3) is 0 Å². The van der Waals surface area contributed by atoms with Gasteiger partial charge in [-0.1, -0.05) is 0 Å².